The number of aliphatic hydroxyl groups excluding tert-OH is 4. The summed E-state index contributed by atoms with van der Waals surface area (Å²) in [6, 6.07) is -1.01. The van der Waals surface area contributed by atoms with E-state index in [1.807, 2.05) is 0 Å². The molecule has 0 saturated carbocycles. The predicted octanol–water partition coefficient (Wildman–Crippen LogP) is 15.9. The molecule has 0 bridgehead atoms. The maximum absolute atomic E-state index is 12.6. The highest BCUT2D eigenvalue weighted by Gasteiger charge is 2.28. The lowest BCUT2D eigenvalue weighted by Crippen LogP contribution is -2.53. The van der Waals surface area contributed by atoms with Crippen molar-refractivity contribution in [2.75, 3.05) is 6.61 Å². The average molecular weight is 876 g/mol. The molecule has 0 aromatic rings. The van der Waals surface area contributed by atoms with Gasteiger partial charge in [-0.3, -0.25) is 4.79 Å². The Morgan fingerprint density at radius 2 is 0.677 bits per heavy atom. The molecule has 4 unspecified atom stereocenters. The highest BCUT2D eigenvalue weighted by Crippen LogP contribution is 2.18. The van der Waals surface area contributed by atoms with E-state index in [1.54, 1.807) is 0 Å². The third-order valence-electron chi connectivity index (χ3n) is 13.1. The molecule has 0 rings (SSSR count). The summed E-state index contributed by atoms with van der Waals surface area (Å²) in [6.45, 7) is 4.07. The van der Waals surface area contributed by atoms with Gasteiger partial charge in [0.15, 0.2) is 0 Å². The fourth-order valence-electron chi connectivity index (χ4n) is 8.78. The van der Waals surface area contributed by atoms with E-state index in [0.29, 0.717) is 19.3 Å². The number of carbonyl (C=O) groups excluding carboxylic acids is 1. The minimum absolute atomic E-state index is 0.364. The SMILES string of the molecule is CCCCCCCCCCCCCCCCCCCCC/C=C/CC/C=C/CCCC(O)C(O)C(CO)NC(=O)C(O)CCCCCCCCCCCCCCCCCCCC. The Balaban J connectivity index is 3.67. The molecule has 1 amide bonds. The number of carbonyl (C=O) groups is 1. The Labute approximate surface area is 386 Å². The molecule has 0 aromatic carbocycles. The Kier molecular flexibility index (Phi) is 49.8. The fraction of sp³-hybridized carbons (Fsp3) is 0.911. The lowest BCUT2D eigenvalue weighted by atomic mass is 10.00. The van der Waals surface area contributed by atoms with Crippen molar-refractivity contribution in [3.05, 3.63) is 24.3 Å². The van der Waals surface area contributed by atoms with Crippen LogP contribution in [-0.4, -0.2) is 57.3 Å². The summed E-state index contributed by atoms with van der Waals surface area (Å²) in [5.41, 5.74) is 0. The Morgan fingerprint density at radius 1 is 0.387 bits per heavy atom. The number of amides is 1. The Bertz CT molecular complexity index is 939. The van der Waals surface area contributed by atoms with Gasteiger partial charge in [0.05, 0.1) is 18.8 Å². The first kappa shape index (κ1) is 60.8. The number of rotatable bonds is 51. The zero-order chi connectivity index (χ0) is 45.2. The summed E-state index contributed by atoms with van der Waals surface area (Å²) in [4.78, 5) is 12.6. The highest BCUT2D eigenvalue weighted by molar-refractivity contribution is 5.80. The molecule has 6 heteroatoms. The minimum atomic E-state index is -1.29. The normalized spacial score (nSPS) is 14.0. The number of nitrogens with one attached hydrogen (secondary N) is 1. The summed E-state index contributed by atoms with van der Waals surface area (Å²) in [5.74, 6) is -0.593. The van der Waals surface area contributed by atoms with Gasteiger partial charge in [-0.25, -0.2) is 0 Å². The van der Waals surface area contributed by atoms with Crippen molar-refractivity contribution in [3.63, 3.8) is 0 Å². The summed E-state index contributed by atoms with van der Waals surface area (Å²) < 4.78 is 0. The van der Waals surface area contributed by atoms with E-state index in [4.69, 9.17) is 0 Å². The molecule has 0 spiro atoms. The molecule has 0 heterocycles. The summed E-state index contributed by atoms with van der Waals surface area (Å²) in [5, 5.41) is 43.9. The number of hydrogen-bond acceptors (Lipinski definition) is 5. The van der Waals surface area contributed by atoms with Gasteiger partial charge in [-0.2, -0.15) is 0 Å². The van der Waals surface area contributed by atoms with E-state index in [1.165, 1.54) is 225 Å². The molecule has 0 aliphatic carbocycles. The van der Waals surface area contributed by atoms with Crippen molar-refractivity contribution in [2.45, 2.75) is 321 Å². The molecule has 5 N–H and O–H groups in total. The average Bonchev–Trinajstić information content (AvgIpc) is 3.28. The van der Waals surface area contributed by atoms with E-state index >= 15 is 0 Å². The van der Waals surface area contributed by atoms with Crippen LogP contribution in [0, 0.1) is 0 Å². The van der Waals surface area contributed by atoms with Gasteiger partial charge < -0.3 is 25.7 Å². The van der Waals surface area contributed by atoms with Crippen LogP contribution in [0.15, 0.2) is 24.3 Å². The quantitative estimate of drug-likeness (QED) is 0.0309. The molecular formula is C56H109NO5. The molecular weight excluding hydrogens is 767 g/mol. The summed E-state index contributed by atoms with van der Waals surface area (Å²) >= 11 is 0. The Hall–Kier alpha value is -1.21. The summed E-state index contributed by atoms with van der Waals surface area (Å²) in [6.07, 6.45) is 61.1. The second kappa shape index (κ2) is 50.8. The van der Waals surface area contributed by atoms with E-state index in [0.717, 1.165) is 38.5 Å². The van der Waals surface area contributed by atoms with Gasteiger partial charge in [0.25, 0.3) is 0 Å². The van der Waals surface area contributed by atoms with Crippen LogP contribution in [0.1, 0.15) is 296 Å². The number of aliphatic hydroxyl groups is 4. The zero-order valence-corrected chi connectivity index (χ0v) is 41.6. The Morgan fingerprint density at radius 3 is 1.02 bits per heavy atom. The second-order valence-corrected chi connectivity index (χ2v) is 19.3. The monoisotopic (exact) mass is 876 g/mol. The first-order chi connectivity index (χ1) is 30.5. The van der Waals surface area contributed by atoms with Gasteiger partial charge in [0.1, 0.15) is 12.2 Å². The molecule has 0 radical (unpaired) electrons. The highest BCUT2D eigenvalue weighted by atomic mass is 16.3. The molecule has 368 valence electrons. The number of unbranched alkanes of at least 4 members (excludes halogenated alkanes) is 38. The second-order valence-electron chi connectivity index (χ2n) is 19.3. The van der Waals surface area contributed by atoms with Crippen molar-refractivity contribution < 1.29 is 25.2 Å². The van der Waals surface area contributed by atoms with Crippen LogP contribution in [0.4, 0.5) is 0 Å². The lowest BCUT2D eigenvalue weighted by Gasteiger charge is -2.27. The van der Waals surface area contributed by atoms with Gasteiger partial charge in [0.2, 0.25) is 5.91 Å². The first-order valence-electron chi connectivity index (χ1n) is 27.7. The van der Waals surface area contributed by atoms with E-state index in [-0.39, 0.29) is 0 Å². The molecule has 6 nitrogen and oxygen atoms in total. The van der Waals surface area contributed by atoms with Gasteiger partial charge in [-0.05, 0) is 51.4 Å². The third kappa shape index (κ3) is 44.0. The number of hydrogen-bond donors (Lipinski definition) is 5. The predicted molar refractivity (Wildman–Crippen MR) is 270 cm³/mol. The van der Waals surface area contributed by atoms with Crippen LogP contribution in [-0.2, 0) is 4.79 Å². The standard InChI is InChI=1S/C56H109NO5/c1-3-5-7-9-11-13-15-17-19-21-23-24-25-26-27-28-29-30-31-32-34-35-37-39-41-43-45-47-49-53(59)55(61)52(51-58)57-56(62)54(60)50-48-46-44-42-40-38-36-33-22-20-18-16-14-12-10-8-6-4-2/h34-35,41,43,52-55,58-61H,3-33,36-40,42,44-51H2,1-2H3,(H,57,62)/b35-34+,43-41+. The maximum Gasteiger partial charge on any atom is 0.249 e. The maximum atomic E-state index is 12.6. The molecule has 4 atom stereocenters. The lowest BCUT2D eigenvalue weighted by molar-refractivity contribution is -0.132. The van der Waals surface area contributed by atoms with Crippen molar-refractivity contribution in [2.24, 2.45) is 0 Å². The topological polar surface area (TPSA) is 110 Å². The van der Waals surface area contributed by atoms with E-state index < -0.39 is 36.9 Å². The minimum Gasteiger partial charge on any atom is -0.394 e. The van der Waals surface area contributed by atoms with E-state index in [9.17, 15) is 25.2 Å². The molecule has 0 saturated heterocycles. The van der Waals surface area contributed by atoms with Crippen LogP contribution >= 0.6 is 0 Å². The fourth-order valence-corrected chi connectivity index (χ4v) is 8.78. The van der Waals surface area contributed by atoms with E-state index in [2.05, 4.69) is 43.5 Å². The van der Waals surface area contributed by atoms with Crippen LogP contribution in [0.2, 0.25) is 0 Å². The molecule has 0 fully saturated rings. The third-order valence-corrected chi connectivity index (χ3v) is 13.1. The summed E-state index contributed by atoms with van der Waals surface area (Å²) in [7, 11) is 0. The smallest absolute Gasteiger partial charge is 0.249 e. The van der Waals surface area contributed by atoms with Crippen molar-refractivity contribution in [1.29, 1.82) is 0 Å². The molecule has 0 aliphatic heterocycles. The van der Waals surface area contributed by atoms with Crippen molar-refractivity contribution >= 4 is 5.91 Å². The number of allylic oxidation sites excluding steroid dienone is 4. The molecule has 0 aliphatic rings. The molecule has 0 aromatic heterocycles. The van der Waals surface area contributed by atoms with Crippen LogP contribution in [0.25, 0.3) is 0 Å². The largest absolute Gasteiger partial charge is 0.394 e. The van der Waals surface area contributed by atoms with Gasteiger partial charge in [-0.15, -0.1) is 0 Å². The van der Waals surface area contributed by atoms with Crippen LogP contribution in [0.5, 0.6) is 0 Å². The molecule has 62 heavy (non-hydrogen) atoms. The first-order valence-corrected chi connectivity index (χ1v) is 27.7. The van der Waals surface area contributed by atoms with Gasteiger partial charge >= 0.3 is 0 Å². The van der Waals surface area contributed by atoms with Crippen molar-refractivity contribution in [1.82, 2.24) is 5.32 Å². The van der Waals surface area contributed by atoms with Gasteiger partial charge in [0, 0.05) is 0 Å². The van der Waals surface area contributed by atoms with Crippen molar-refractivity contribution in [3.8, 4) is 0 Å². The zero-order valence-electron chi connectivity index (χ0n) is 41.6. The van der Waals surface area contributed by atoms with Gasteiger partial charge in [-0.1, -0.05) is 269 Å². The van der Waals surface area contributed by atoms with Crippen LogP contribution in [0.3, 0.4) is 0 Å². The van der Waals surface area contributed by atoms with Crippen LogP contribution < -0.4 is 5.32 Å².